The first-order valence-corrected chi connectivity index (χ1v) is 7.29. The number of hydrogen-bond donors (Lipinski definition) is 1. The normalized spacial score (nSPS) is 13.0. The van der Waals surface area contributed by atoms with Gasteiger partial charge in [-0.2, -0.15) is 0 Å². The third-order valence-corrected chi connectivity index (χ3v) is 3.43. The maximum Gasteiger partial charge on any atom is 0.335 e. The van der Waals surface area contributed by atoms with E-state index in [0.29, 0.717) is 13.2 Å². The highest BCUT2D eigenvalue weighted by atomic mass is 16.5. The molecule has 1 N–H and O–H groups in total. The van der Waals surface area contributed by atoms with Crippen molar-refractivity contribution in [2.75, 3.05) is 6.61 Å². The number of carbonyl (C=O) groups is 1. The van der Waals surface area contributed by atoms with Gasteiger partial charge in [0, 0.05) is 12.5 Å². The van der Waals surface area contributed by atoms with E-state index in [0.717, 1.165) is 16.9 Å². The van der Waals surface area contributed by atoms with Crippen molar-refractivity contribution in [2.45, 2.75) is 46.3 Å². The molecule has 1 aromatic carbocycles. The molecule has 0 aliphatic carbocycles. The van der Waals surface area contributed by atoms with Gasteiger partial charge < -0.3 is 14.4 Å². The molecule has 1 atom stereocenters. The summed E-state index contributed by atoms with van der Waals surface area (Å²) in [6.07, 6.45) is 0.0871. The molecule has 114 valence electrons. The minimum Gasteiger partial charge on any atom is -0.478 e. The molecule has 0 aliphatic heterocycles. The molecular formula is C16H22N2O3. The summed E-state index contributed by atoms with van der Waals surface area (Å²) in [5, 5.41) is 9.09. The molecule has 1 heterocycles. The van der Waals surface area contributed by atoms with Crippen molar-refractivity contribution in [3.8, 4) is 0 Å². The topological polar surface area (TPSA) is 64.4 Å². The molecule has 0 aliphatic rings. The minimum atomic E-state index is -0.930. The van der Waals surface area contributed by atoms with Gasteiger partial charge in [0.2, 0.25) is 0 Å². The largest absolute Gasteiger partial charge is 0.478 e. The van der Waals surface area contributed by atoms with Gasteiger partial charge in [-0.15, -0.1) is 0 Å². The highest BCUT2D eigenvalue weighted by Crippen LogP contribution is 2.23. The SMILES string of the molecule is CCOC(C)Cn1c(C(C)C)nc2cc(C(=O)O)ccc21. The predicted octanol–water partition coefficient (Wildman–Crippen LogP) is 3.28. The van der Waals surface area contributed by atoms with E-state index in [-0.39, 0.29) is 17.6 Å². The van der Waals surface area contributed by atoms with Crippen LogP contribution in [0.25, 0.3) is 11.0 Å². The molecular weight excluding hydrogens is 268 g/mol. The van der Waals surface area contributed by atoms with Crippen LogP contribution in [-0.2, 0) is 11.3 Å². The van der Waals surface area contributed by atoms with Crippen LogP contribution in [0.3, 0.4) is 0 Å². The summed E-state index contributed by atoms with van der Waals surface area (Å²) < 4.78 is 7.75. The van der Waals surface area contributed by atoms with Crippen molar-refractivity contribution in [2.24, 2.45) is 0 Å². The second-order valence-electron chi connectivity index (χ2n) is 5.51. The number of imidazole rings is 1. The molecule has 1 aromatic heterocycles. The van der Waals surface area contributed by atoms with Gasteiger partial charge in [-0.25, -0.2) is 9.78 Å². The summed E-state index contributed by atoms with van der Waals surface area (Å²) in [6, 6.07) is 5.08. The summed E-state index contributed by atoms with van der Waals surface area (Å²) in [5.74, 6) is 0.291. The maximum absolute atomic E-state index is 11.1. The van der Waals surface area contributed by atoms with Crippen molar-refractivity contribution >= 4 is 17.0 Å². The van der Waals surface area contributed by atoms with Crippen molar-refractivity contribution in [1.29, 1.82) is 0 Å². The first-order chi connectivity index (χ1) is 9.93. The maximum atomic E-state index is 11.1. The summed E-state index contributed by atoms with van der Waals surface area (Å²) in [4.78, 5) is 15.7. The molecule has 0 fully saturated rings. The number of carboxylic acids is 1. The molecule has 0 spiro atoms. The van der Waals surface area contributed by atoms with E-state index in [9.17, 15) is 4.79 Å². The molecule has 0 saturated carbocycles. The molecule has 0 amide bonds. The van der Waals surface area contributed by atoms with E-state index in [1.54, 1.807) is 12.1 Å². The lowest BCUT2D eigenvalue weighted by Crippen LogP contribution is -2.18. The fraction of sp³-hybridized carbons (Fsp3) is 0.500. The Bertz CT molecular complexity index is 646. The molecule has 0 bridgehead atoms. The second-order valence-corrected chi connectivity index (χ2v) is 5.51. The van der Waals surface area contributed by atoms with Crippen LogP contribution in [-0.4, -0.2) is 33.3 Å². The molecule has 5 nitrogen and oxygen atoms in total. The Morgan fingerprint density at radius 2 is 2.10 bits per heavy atom. The number of nitrogens with zero attached hydrogens (tertiary/aromatic N) is 2. The molecule has 5 heteroatoms. The van der Waals surface area contributed by atoms with Gasteiger partial charge in [0.25, 0.3) is 0 Å². The number of fused-ring (bicyclic) bond motifs is 1. The monoisotopic (exact) mass is 290 g/mol. The molecule has 0 radical (unpaired) electrons. The van der Waals surface area contributed by atoms with Gasteiger partial charge in [0.15, 0.2) is 0 Å². The van der Waals surface area contributed by atoms with Crippen molar-refractivity contribution in [1.82, 2.24) is 9.55 Å². The number of benzene rings is 1. The van der Waals surface area contributed by atoms with Crippen LogP contribution in [0.5, 0.6) is 0 Å². The van der Waals surface area contributed by atoms with Crippen LogP contribution >= 0.6 is 0 Å². The predicted molar refractivity (Wildman–Crippen MR) is 81.9 cm³/mol. The van der Waals surface area contributed by atoms with Gasteiger partial charge in [-0.3, -0.25) is 0 Å². The minimum absolute atomic E-state index is 0.0871. The molecule has 21 heavy (non-hydrogen) atoms. The van der Waals surface area contributed by atoms with Crippen LogP contribution in [0.4, 0.5) is 0 Å². The van der Waals surface area contributed by atoms with E-state index in [1.807, 2.05) is 19.9 Å². The zero-order chi connectivity index (χ0) is 15.6. The quantitative estimate of drug-likeness (QED) is 0.886. The number of carboxylic acid groups (broad SMARTS) is 1. The summed E-state index contributed by atoms with van der Waals surface area (Å²) in [7, 11) is 0. The van der Waals surface area contributed by atoms with E-state index in [2.05, 4.69) is 23.4 Å². The van der Waals surface area contributed by atoms with Gasteiger partial charge >= 0.3 is 5.97 Å². The Morgan fingerprint density at radius 3 is 2.67 bits per heavy atom. The molecule has 2 rings (SSSR count). The van der Waals surface area contributed by atoms with E-state index in [4.69, 9.17) is 9.84 Å². The van der Waals surface area contributed by atoms with Gasteiger partial charge in [0.1, 0.15) is 5.82 Å². The second kappa shape index (κ2) is 6.26. The van der Waals surface area contributed by atoms with Crippen molar-refractivity contribution < 1.29 is 14.6 Å². The lowest BCUT2D eigenvalue weighted by atomic mass is 10.2. The molecule has 2 aromatic rings. The lowest BCUT2D eigenvalue weighted by molar-refractivity contribution is 0.0640. The Balaban J connectivity index is 2.50. The Labute approximate surface area is 124 Å². The highest BCUT2D eigenvalue weighted by molar-refractivity contribution is 5.92. The van der Waals surface area contributed by atoms with Gasteiger partial charge in [-0.1, -0.05) is 13.8 Å². The van der Waals surface area contributed by atoms with Crippen LogP contribution in [0.15, 0.2) is 18.2 Å². The Hall–Kier alpha value is -1.88. The average Bonchev–Trinajstić information content (AvgIpc) is 2.77. The van der Waals surface area contributed by atoms with Crippen LogP contribution in [0.1, 0.15) is 49.8 Å². The van der Waals surface area contributed by atoms with Crippen molar-refractivity contribution in [3.05, 3.63) is 29.6 Å². The van der Waals surface area contributed by atoms with Crippen molar-refractivity contribution in [3.63, 3.8) is 0 Å². The first kappa shape index (κ1) is 15.5. The van der Waals surface area contributed by atoms with Gasteiger partial charge in [-0.05, 0) is 32.0 Å². The number of aromatic carboxylic acids is 1. The van der Waals surface area contributed by atoms with Crippen LogP contribution in [0, 0.1) is 0 Å². The standard InChI is InChI=1S/C16H22N2O3/c1-5-21-11(4)9-18-14-7-6-12(16(19)20)8-13(14)17-15(18)10(2)3/h6-8,10-11H,5,9H2,1-4H3,(H,19,20). The first-order valence-electron chi connectivity index (χ1n) is 7.29. The van der Waals surface area contributed by atoms with Gasteiger partial charge in [0.05, 0.1) is 29.2 Å². The van der Waals surface area contributed by atoms with Crippen LogP contribution in [0.2, 0.25) is 0 Å². The third-order valence-electron chi connectivity index (χ3n) is 3.43. The number of hydrogen-bond acceptors (Lipinski definition) is 3. The fourth-order valence-electron chi connectivity index (χ4n) is 2.51. The van der Waals surface area contributed by atoms with E-state index >= 15 is 0 Å². The van der Waals surface area contributed by atoms with E-state index in [1.165, 1.54) is 0 Å². The third kappa shape index (κ3) is 3.24. The summed E-state index contributed by atoms with van der Waals surface area (Å²) >= 11 is 0. The average molecular weight is 290 g/mol. The van der Waals surface area contributed by atoms with E-state index < -0.39 is 5.97 Å². The fourth-order valence-corrected chi connectivity index (χ4v) is 2.51. The highest BCUT2D eigenvalue weighted by Gasteiger charge is 2.17. The number of aromatic nitrogens is 2. The number of ether oxygens (including phenoxy) is 1. The zero-order valence-corrected chi connectivity index (χ0v) is 13.0. The smallest absolute Gasteiger partial charge is 0.335 e. The number of rotatable bonds is 6. The Morgan fingerprint density at radius 1 is 1.38 bits per heavy atom. The molecule has 1 unspecified atom stereocenters. The lowest BCUT2D eigenvalue weighted by Gasteiger charge is -2.16. The summed E-state index contributed by atoms with van der Waals surface area (Å²) in [6.45, 7) is 9.57. The van der Waals surface area contributed by atoms with Crippen LogP contribution < -0.4 is 0 Å². The summed E-state index contributed by atoms with van der Waals surface area (Å²) in [5.41, 5.74) is 1.94. The molecule has 0 saturated heterocycles. The Kier molecular flexibility index (Phi) is 4.63. The zero-order valence-electron chi connectivity index (χ0n) is 13.0.